The summed E-state index contributed by atoms with van der Waals surface area (Å²) in [6.07, 6.45) is -3.10. The molecule has 2 fully saturated rings. The van der Waals surface area contributed by atoms with Gasteiger partial charge in [-0.05, 0) is 44.2 Å². The van der Waals surface area contributed by atoms with E-state index >= 15 is 0 Å². The number of aromatic nitrogens is 3. The van der Waals surface area contributed by atoms with Crippen LogP contribution in [0.2, 0.25) is 5.02 Å². The Morgan fingerprint density at radius 3 is 2.45 bits per heavy atom. The molecule has 1 aromatic carbocycles. The summed E-state index contributed by atoms with van der Waals surface area (Å²) in [4.78, 5) is 19.5. The zero-order valence-electron chi connectivity index (χ0n) is 21.0. The van der Waals surface area contributed by atoms with Gasteiger partial charge in [0.15, 0.2) is 0 Å². The van der Waals surface area contributed by atoms with E-state index in [9.17, 15) is 17.6 Å². The summed E-state index contributed by atoms with van der Waals surface area (Å²) in [5.74, 6) is 0.623. The molecular formula is C26H28ClF4N7. The molecule has 5 rings (SSSR count). The quantitative estimate of drug-likeness (QED) is 0.466. The number of hydrogen-bond donors (Lipinski definition) is 1. The Balaban J connectivity index is 1.45. The predicted octanol–water partition coefficient (Wildman–Crippen LogP) is 4.86. The highest BCUT2D eigenvalue weighted by atomic mass is 35.5. The normalized spacial score (nSPS) is 20.7. The van der Waals surface area contributed by atoms with Crippen LogP contribution in [0.15, 0.2) is 42.6 Å². The Labute approximate surface area is 223 Å². The first-order valence-corrected chi connectivity index (χ1v) is 12.8. The molecular weight excluding hydrogens is 522 g/mol. The van der Waals surface area contributed by atoms with E-state index < -0.39 is 17.6 Å². The third kappa shape index (κ3) is 5.49. The largest absolute Gasteiger partial charge is 0.419 e. The minimum Gasteiger partial charge on any atom is -0.353 e. The van der Waals surface area contributed by atoms with Crippen molar-refractivity contribution in [3.63, 3.8) is 0 Å². The van der Waals surface area contributed by atoms with Gasteiger partial charge in [-0.1, -0.05) is 11.6 Å². The molecule has 2 atom stereocenters. The Bertz CT molecular complexity index is 1300. The molecule has 0 amide bonds. The average molecular weight is 550 g/mol. The zero-order chi connectivity index (χ0) is 27.0. The first-order valence-electron chi connectivity index (χ1n) is 12.5. The average Bonchev–Trinajstić information content (AvgIpc) is 2.91. The molecule has 12 heteroatoms. The monoisotopic (exact) mass is 549 g/mol. The minimum absolute atomic E-state index is 0.00202. The standard InChI is InChI=1S/C26H28ClF4N7/c1-16-15-38(17(2)14-33-16)25-34-22(18-5-6-21(28)20(27)12-18)13-23(35-25)36-8-10-37(11-9-36)24-19(26(29,30)31)4-3-7-32-24/h3-7,12-13,16-17,33H,8-11,14-15H2,1-2H3. The van der Waals surface area contributed by atoms with Gasteiger partial charge >= 0.3 is 6.18 Å². The van der Waals surface area contributed by atoms with Crippen molar-refractivity contribution in [2.75, 3.05) is 54.0 Å². The first-order chi connectivity index (χ1) is 18.1. The topological polar surface area (TPSA) is 60.4 Å². The van der Waals surface area contributed by atoms with Gasteiger partial charge in [0.25, 0.3) is 0 Å². The van der Waals surface area contributed by atoms with Gasteiger partial charge in [-0.15, -0.1) is 0 Å². The first kappa shape index (κ1) is 26.4. The predicted molar refractivity (Wildman–Crippen MR) is 140 cm³/mol. The van der Waals surface area contributed by atoms with Crippen LogP contribution in [0.1, 0.15) is 19.4 Å². The van der Waals surface area contributed by atoms with Crippen molar-refractivity contribution >= 4 is 29.2 Å². The Morgan fingerprint density at radius 2 is 1.74 bits per heavy atom. The number of nitrogens with zero attached hydrogens (tertiary/aromatic N) is 6. The Hall–Kier alpha value is -3.18. The minimum atomic E-state index is -4.48. The second kappa shape index (κ2) is 10.5. The van der Waals surface area contributed by atoms with Crippen LogP contribution in [-0.4, -0.2) is 66.3 Å². The molecule has 0 saturated carbocycles. The molecule has 4 heterocycles. The van der Waals surface area contributed by atoms with E-state index in [1.165, 1.54) is 24.4 Å². The highest BCUT2D eigenvalue weighted by Gasteiger charge is 2.36. The molecule has 2 saturated heterocycles. The SMILES string of the molecule is CC1CN(c2nc(-c3ccc(F)c(Cl)c3)cc(N3CCN(c4ncccc4C(F)(F)F)CC3)n2)C(C)CN1. The summed E-state index contributed by atoms with van der Waals surface area (Å²) < 4.78 is 54.5. The summed E-state index contributed by atoms with van der Waals surface area (Å²) in [7, 11) is 0. The fourth-order valence-electron chi connectivity index (χ4n) is 4.83. The van der Waals surface area contributed by atoms with Gasteiger partial charge in [0, 0.05) is 69.2 Å². The summed E-state index contributed by atoms with van der Waals surface area (Å²) in [6, 6.07) is 9.03. The van der Waals surface area contributed by atoms with Crippen LogP contribution in [0.3, 0.4) is 0 Å². The molecule has 3 aromatic rings. The number of nitrogens with one attached hydrogen (secondary N) is 1. The maximum Gasteiger partial charge on any atom is 0.419 e. The molecule has 2 aliphatic rings. The van der Waals surface area contributed by atoms with E-state index in [0.717, 1.165) is 12.6 Å². The van der Waals surface area contributed by atoms with E-state index in [2.05, 4.69) is 29.0 Å². The number of hydrogen-bond acceptors (Lipinski definition) is 7. The number of alkyl halides is 3. The van der Waals surface area contributed by atoms with Gasteiger partial charge in [-0.3, -0.25) is 0 Å². The molecule has 2 aliphatic heterocycles. The highest BCUT2D eigenvalue weighted by molar-refractivity contribution is 6.31. The second-order valence-corrected chi connectivity index (χ2v) is 10.1. The highest BCUT2D eigenvalue weighted by Crippen LogP contribution is 2.36. The van der Waals surface area contributed by atoms with E-state index in [-0.39, 0.29) is 22.9 Å². The second-order valence-electron chi connectivity index (χ2n) is 9.70. The van der Waals surface area contributed by atoms with Gasteiger partial charge in [0.2, 0.25) is 5.95 Å². The van der Waals surface area contributed by atoms with E-state index in [0.29, 0.717) is 55.7 Å². The molecule has 2 aromatic heterocycles. The fraction of sp³-hybridized carbons (Fsp3) is 0.423. The van der Waals surface area contributed by atoms with Crippen molar-refractivity contribution in [3.05, 3.63) is 59.0 Å². The van der Waals surface area contributed by atoms with Gasteiger partial charge in [0.05, 0.1) is 16.3 Å². The molecule has 0 bridgehead atoms. The van der Waals surface area contributed by atoms with Crippen molar-refractivity contribution < 1.29 is 17.6 Å². The maximum atomic E-state index is 13.9. The Morgan fingerprint density at radius 1 is 1.00 bits per heavy atom. The number of pyridine rings is 1. The van der Waals surface area contributed by atoms with Gasteiger partial charge < -0.3 is 20.0 Å². The molecule has 7 nitrogen and oxygen atoms in total. The summed E-state index contributed by atoms with van der Waals surface area (Å²) in [6.45, 7) is 7.25. The van der Waals surface area contributed by atoms with Crippen LogP contribution in [0.4, 0.5) is 35.1 Å². The lowest BCUT2D eigenvalue weighted by Gasteiger charge is -2.39. The van der Waals surface area contributed by atoms with Crippen molar-refractivity contribution in [2.45, 2.75) is 32.1 Å². The van der Waals surface area contributed by atoms with Crippen molar-refractivity contribution in [1.82, 2.24) is 20.3 Å². The van der Waals surface area contributed by atoms with Crippen LogP contribution in [-0.2, 0) is 6.18 Å². The van der Waals surface area contributed by atoms with E-state index in [4.69, 9.17) is 21.6 Å². The lowest BCUT2D eigenvalue weighted by atomic mass is 10.1. The van der Waals surface area contributed by atoms with Crippen LogP contribution in [0.25, 0.3) is 11.3 Å². The third-order valence-electron chi connectivity index (χ3n) is 6.93. The number of rotatable bonds is 4. The molecule has 0 radical (unpaired) electrons. The number of halogens is 5. The van der Waals surface area contributed by atoms with Crippen LogP contribution >= 0.6 is 11.6 Å². The summed E-state index contributed by atoms with van der Waals surface area (Å²) in [5, 5.41) is 3.44. The smallest absolute Gasteiger partial charge is 0.353 e. The van der Waals surface area contributed by atoms with Gasteiger partial charge in [-0.2, -0.15) is 18.2 Å². The van der Waals surface area contributed by atoms with Crippen molar-refractivity contribution in [3.8, 4) is 11.3 Å². The van der Waals surface area contributed by atoms with Gasteiger partial charge in [-0.25, -0.2) is 14.4 Å². The van der Waals surface area contributed by atoms with Crippen molar-refractivity contribution in [1.29, 1.82) is 0 Å². The van der Waals surface area contributed by atoms with Gasteiger partial charge in [0.1, 0.15) is 17.5 Å². The van der Waals surface area contributed by atoms with Crippen LogP contribution < -0.4 is 20.0 Å². The molecule has 2 unspecified atom stereocenters. The summed E-state index contributed by atoms with van der Waals surface area (Å²) in [5.41, 5.74) is 0.505. The number of anilines is 3. The number of benzene rings is 1. The van der Waals surface area contributed by atoms with Crippen LogP contribution in [0, 0.1) is 5.82 Å². The third-order valence-corrected chi connectivity index (χ3v) is 7.22. The zero-order valence-corrected chi connectivity index (χ0v) is 21.8. The molecule has 202 valence electrons. The molecule has 1 N–H and O–H groups in total. The van der Waals surface area contributed by atoms with E-state index in [1.807, 2.05) is 11.0 Å². The Kier molecular flexibility index (Phi) is 7.32. The molecule has 0 spiro atoms. The lowest BCUT2D eigenvalue weighted by Crippen LogP contribution is -2.55. The molecule has 0 aliphatic carbocycles. The number of piperazine rings is 2. The van der Waals surface area contributed by atoms with Crippen LogP contribution in [0.5, 0.6) is 0 Å². The van der Waals surface area contributed by atoms with E-state index in [1.54, 1.807) is 11.0 Å². The maximum absolute atomic E-state index is 13.9. The fourth-order valence-corrected chi connectivity index (χ4v) is 5.01. The molecule has 38 heavy (non-hydrogen) atoms. The summed E-state index contributed by atoms with van der Waals surface area (Å²) >= 11 is 6.06. The van der Waals surface area contributed by atoms with Crippen molar-refractivity contribution in [2.24, 2.45) is 0 Å². The lowest BCUT2D eigenvalue weighted by molar-refractivity contribution is -0.137.